The maximum Gasteiger partial charge on any atom is 0.407 e. The molecule has 2 atom stereocenters. The van der Waals surface area contributed by atoms with E-state index in [2.05, 4.69) is 15.5 Å². The number of carbonyl (C=O) groups excluding carboxylic acids is 2. The van der Waals surface area contributed by atoms with Gasteiger partial charge in [0.05, 0.1) is 13.2 Å². The summed E-state index contributed by atoms with van der Waals surface area (Å²) in [4.78, 5) is 24.6. The van der Waals surface area contributed by atoms with E-state index >= 15 is 0 Å². The predicted octanol–water partition coefficient (Wildman–Crippen LogP) is -0.815. The third-order valence-electron chi connectivity index (χ3n) is 3.00. The molecular formula is C10H20N4O3. The van der Waals surface area contributed by atoms with Crippen LogP contribution in [0, 0.1) is 0 Å². The first-order valence-corrected chi connectivity index (χ1v) is 5.71. The molecule has 0 bridgehead atoms. The summed E-state index contributed by atoms with van der Waals surface area (Å²) in [6.07, 6.45) is 1.06. The quantitative estimate of drug-likeness (QED) is 0.341. The van der Waals surface area contributed by atoms with Crippen LogP contribution in [-0.4, -0.2) is 49.2 Å². The fourth-order valence-corrected chi connectivity index (χ4v) is 2.12. The summed E-state index contributed by atoms with van der Waals surface area (Å²) in [5, 5.41) is 2.73. The highest BCUT2D eigenvalue weighted by atomic mass is 16.5. The van der Waals surface area contributed by atoms with Gasteiger partial charge in [0.25, 0.3) is 5.91 Å². The lowest BCUT2D eigenvalue weighted by Gasteiger charge is -2.24. The number of nitrogens with one attached hydrogen (secondary N) is 2. The zero-order chi connectivity index (χ0) is 12.8. The van der Waals surface area contributed by atoms with Crippen LogP contribution in [0.2, 0.25) is 0 Å². The second-order valence-corrected chi connectivity index (χ2v) is 4.05. The molecule has 2 amide bonds. The second-order valence-electron chi connectivity index (χ2n) is 4.05. The number of nitrogens with two attached hydrogens (primary N) is 1. The molecule has 0 spiro atoms. The largest absolute Gasteiger partial charge is 0.453 e. The Bertz CT molecular complexity index is 285. The molecule has 2 unspecified atom stereocenters. The number of ether oxygens (including phenoxy) is 1. The smallest absolute Gasteiger partial charge is 0.407 e. The minimum atomic E-state index is -0.437. The fraction of sp³-hybridized carbons (Fsp3) is 0.800. The molecule has 7 heteroatoms. The van der Waals surface area contributed by atoms with Gasteiger partial charge in [-0.3, -0.25) is 15.1 Å². The van der Waals surface area contributed by atoms with Crippen molar-refractivity contribution in [1.29, 1.82) is 0 Å². The highest BCUT2D eigenvalue weighted by Crippen LogP contribution is 2.15. The molecule has 0 aliphatic carbocycles. The number of amides is 2. The molecule has 0 aromatic rings. The lowest BCUT2D eigenvalue weighted by Crippen LogP contribution is -2.49. The van der Waals surface area contributed by atoms with E-state index in [1.807, 2.05) is 11.8 Å². The Labute approximate surface area is 101 Å². The Morgan fingerprint density at radius 2 is 2.29 bits per heavy atom. The Hall–Kier alpha value is -1.34. The summed E-state index contributed by atoms with van der Waals surface area (Å²) >= 11 is 0. The Morgan fingerprint density at radius 1 is 1.59 bits per heavy atom. The average Bonchev–Trinajstić information content (AvgIpc) is 2.77. The minimum Gasteiger partial charge on any atom is -0.453 e. The number of alkyl carbamates (subject to hydrolysis) is 1. The van der Waals surface area contributed by atoms with E-state index in [-0.39, 0.29) is 18.0 Å². The van der Waals surface area contributed by atoms with Crippen LogP contribution >= 0.6 is 0 Å². The molecular weight excluding hydrogens is 224 g/mol. The van der Waals surface area contributed by atoms with Crippen molar-refractivity contribution in [3.63, 3.8) is 0 Å². The molecule has 17 heavy (non-hydrogen) atoms. The highest BCUT2D eigenvalue weighted by Gasteiger charge is 2.31. The first-order valence-electron chi connectivity index (χ1n) is 5.71. The van der Waals surface area contributed by atoms with Crippen molar-refractivity contribution in [3.05, 3.63) is 0 Å². The molecule has 0 saturated carbocycles. The first-order chi connectivity index (χ1) is 8.12. The van der Waals surface area contributed by atoms with Gasteiger partial charge in [-0.25, -0.2) is 10.6 Å². The van der Waals surface area contributed by atoms with Gasteiger partial charge in [-0.1, -0.05) is 6.92 Å². The number of rotatable bonds is 4. The third kappa shape index (κ3) is 3.57. The Balaban J connectivity index is 2.48. The Kier molecular flexibility index (Phi) is 5.17. The summed E-state index contributed by atoms with van der Waals surface area (Å²) in [5.74, 6) is 4.95. The zero-order valence-electron chi connectivity index (χ0n) is 10.2. The van der Waals surface area contributed by atoms with Crippen molar-refractivity contribution in [2.24, 2.45) is 5.84 Å². The van der Waals surface area contributed by atoms with Crippen LogP contribution in [0.25, 0.3) is 0 Å². The number of hydrazine groups is 1. The maximum atomic E-state index is 11.5. The SMILES string of the molecule is CCC(C(=O)NN)N1CCC(NC(=O)OC)C1. The predicted molar refractivity (Wildman–Crippen MR) is 61.9 cm³/mol. The number of hydrogen-bond acceptors (Lipinski definition) is 5. The summed E-state index contributed by atoms with van der Waals surface area (Å²) < 4.78 is 4.53. The molecule has 98 valence electrons. The second kappa shape index (κ2) is 6.41. The van der Waals surface area contributed by atoms with E-state index in [0.717, 1.165) is 13.0 Å². The molecule has 1 fully saturated rings. The summed E-state index contributed by atoms with van der Waals surface area (Å²) in [5.41, 5.74) is 2.17. The van der Waals surface area contributed by atoms with Crippen LogP contribution in [0.1, 0.15) is 19.8 Å². The number of carbonyl (C=O) groups is 2. The van der Waals surface area contributed by atoms with E-state index in [4.69, 9.17) is 5.84 Å². The minimum absolute atomic E-state index is 0.0297. The highest BCUT2D eigenvalue weighted by molar-refractivity contribution is 5.81. The van der Waals surface area contributed by atoms with Gasteiger partial charge in [-0.15, -0.1) is 0 Å². The van der Waals surface area contributed by atoms with Gasteiger partial charge in [0.1, 0.15) is 0 Å². The molecule has 0 radical (unpaired) electrons. The van der Waals surface area contributed by atoms with Crippen LogP contribution in [0.15, 0.2) is 0 Å². The monoisotopic (exact) mass is 244 g/mol. The van der Waals surface area contributed by atoms with Gasteiger partial charge < -0.3 is 10.1 Å². The van der Waals surface area contributed by atoms with Gasteiger partial charge >= 0.3 is 6.09 Å². The van der Waals surface area contributed by atoms with Crippen LogP contribution in [0.3, 0.4) is 0 Å². The molecule has 1 aliphatic heterocycles. The Morgan fingerprint density at radius 3 is 2.82 bits per heavy atom. The van der Waals surface area contributed by atoms with Crippen molar-refractivity contribution in [2.45, 2.75) is 31.8 Å². The summed E-state index contributed by atoms with van der Waals surface area (Å²) in [7, 11) is 1.33. The molecule has 1 aliphatic rings. The van der Waals surface area contributed by atoms with E-state index in [0.29, 0.717) is 13.0 Å². The van der Waals surface area contributed by atoms with Crippen molar-refractivity contribution in [2.75, 3.05) is 20.2 Å². The topological polar surface area (TPSA) is 96.7 Å². The third-order valence-corrected chi connectivity index (χ3v) is 3.00. The van der Waals surface area contributed by atoms with Crippen LogP contribution < -0.4 is 16.6 Å². The first kappa shape index (κ1) is 13.7. The lowest BCUT2D eigenvalue weighted by atomic mass is 10.2. The van der Waals surface area contributed by atoms with Gasteiger partial charge in [0.15, 0.2) is 0 Å². The fourth-order valence-electron chi connectivity index (χ4n) is 2.12. The molecule has 0 aromatic heterocycles. The standard InChI is InChI=1S/C10H20N4O3/c1-3-8(9(15)13-11)14-5-4-7(6-14)12-10(16)17-2/h7-8H,3-6,11H2,1-2H3,(H,12,16)(H,13,15). The van der Waals surface area contributed by atoms with Crippen LogP contribution in [-0.2, 0) is 9.53 Å². The maximum absolute atomic E-state index is 11.5. The molecule has 0 aromatic carbocycles. The number of likely N-dealkylation sites (tertiary alicyclic amines) is 1. The average molecular weight is 244 g/mol. The van der Waals surface area contributed by atoms with Crippen LogP contribution in [0.5, 0.6) is 0 Å². The van der Waals surface area contributed by atoms with Crippen molar-refractivity contribution in [1.82, 2.24) is 15.6 Å². The van der Waals surface area contributed by atoms with Crippen molar-refractivity contribution >= 4 is 12.0 Å². The number of nitrogens with zero attached hydrogens (tertiary/aromatic N) is 1. The summed E-state index contributed by atoms with van der Waals surface area (Å²) in [6.45, 7) is 3.34. The van der Waals surface area contributed by atoms with Gasteiger partial charge in [0, 0.05) is 19.1 Å². The van der Waals surface area contributed by atoms with E-state index in [1.165, 1.54) is 7.11 Å². The van der Waals surface area contributed by atoms with Crippen molar-refractivity contribution in [3.8, 4) is 0 Å². The van der Waals surface area contributed by atoms with E-state index < -0.39 is 6.09 Å². The van der Waals surface area contributed by atoms with Crippen LogP contribution in [0.4, 0.5) is 4.79 Å². The summed E-state index contributed by atoms with van der Waals surface area (Å²) in [6, 6.07) is -0.202. The lowest BCUT2D eigenvalue weighted by molar-refractivity contribution is -0.126. The molecule has 1 saturated heterocycles. The molecule has 1 rings (SSSR count). The zero-order valence-corrected chi connectivity index (χ0v) is 10.2. The molecule has 4 N–H and O–H groups in total. The molecule has 7 nitrogen and oxygen atoms in total. The van der Waals surface area contributed by atoms with Gasteiger partial charge in [-0.2, -0.15) is 0 Å². The normalized spacial score (nSPS) is 21.9. The van der Waals surface area contributed by atoms with Gasteiger partial charge in [-0.05, 0) is 12.8 Å². The van der Waals surface area contributed by atoms with Gasteiger partial charge in [0.2, 0.25) is 0 Å². The van der Waals surface area contributed by atoms with E-state index in [1.54, 1.807) is 0 Å². The molecule has 1 heterocycles. The van der Waals surface area contributed by atoms with Crippen molar-refractivity contribution < 1.29 is 14.3 Å². The number of hydrogen-bond donors (Lipinski definition) is 3. The number of methoxy groups -OCH3 is 1. The van der Waals surface area contributed by atoms with E-state index in [9.17, 15) is 9.59 Å².